The predicted molar refractivity (Wildman–Crippen MR) is 97.9 cm³/mol. The minimum Gasteiger partial charge on any atom is -0.378 e. The molecule has 21 heavy (non-hydrogen) atoms. The van der Waals surface area contributed by atoms with Crippen molar-refractivity contribution in [1.29, 1.82) is 0 Å². The Balaban J connectivity index is 2.37. The summed E-state index contributed by atoms with van der Waals surface area (Å²) in [5.74, 6) is 5.92. The Morgan fingerprint density at radius 2 is 1.67 bits per heavy atom. The number of aliphatic hydroxyl groups is 1. The lowest BCUT2D eigenvalue weighted by molar-refractivity contribution is 0.217. The molecule has 1 aromatic carbocycles. The molecule has 1 N–H and O–H groups in total. The van der Waals surface area contributed by atoms with Gasteiger partial charge >= 0.3 is 0 Å². The molecule has 116 valence electrons. The summed E-state index contributed by atoms with van der Waals surface area (Å²) in [6.45, 7) is 2.23. The number of alkyl halides is 2. The van der Waals surface area contributed by atoms with Gasteiger partial charge in [0.1, 0.15) is 9.34 Å². The first-order valence-electron chi connectivity index (χ1n) is 7.68. The second kappa shape index (κ2) is 10.4. The van der Waals surface area contributed by atoms with Crippen molar-refractivity contribution < 1.29 is 5.11 Å². The Hall–Kier alpha value is -0.300. The third-order valence-corrected chi connectivity index (χ3v) is 5.05. The van der Waals surface area contributed by atoms with E-state index in [0.717, 1.165) is 18.4 Å². The smallest absolute Gasteiger partial charge is 0.140 e. The molecular formula is C18H24Br2O. The van der Waals surface area contributed by atoms with Gasteiger partial charge in [0.2, 0.25) is 0 Å². The van der Waals surface area contributed by atoms with E-state index in [2.05, 4.69) is 50.6 Å². The van der Waals surface area contributed by atoms with E-state index in [4.69, 9.17) is 0 Å². The Kier molecular flexibility index (Phi) is 9.31. The Morgan fingerprint density at radius 1 is 1.05 bits per heavy atom. The molecule has 0 aliphatic heterocycles. The minimum absolute atomic E-state index is 0.507. The second-order valence-electron chi connectivity index (χ2n) is 5.32. The lowest BCUT2D eigenvalue weighted by atomic mass is 10.1. The maximum Gasteiger partial charge on any atom is 0.140 e. The summed E-state index contributed by atoms with van der Waals surface area (Å²) in [5.41, 5.74) is 0.923. The standard InChI is InChI=1S/C18H24Br2O/c1-2-3-4-5-6-10-15-18(19,20)17(21)14-13-16-11-8-7-9-12-16/h7-9,11-12,17,21H,2-6,10,15H2,1H3/t17-/m1/s1. The summed E-state index contributed by atoms with van der Waals surface area (Å²) in [6.07, 6.45) is 7.60. The molecule has 1 rings (SSSR count). The van der Waals surface area contributed by atoms with Crippen LogP contribution in [0.3, 0.4) is 0 Å². The average molecular weight is 416 g/mol. The number of halogens is 2. The number of rotatable bonds is 8. The van der Waals surface area contributed by atoms with Gasteiger partial charge in [-0.1, -0.05) is 107 Å². The first-order valence-corrected chi connectivity index (χ1v) is 9.27. The summed E-state index contributed by atoms with van der Waals surface area (Å²) < 4.78 is -0.507. The molecule has 0 radical (unpaired) electrons. The van der Waals surface area contributed by atoms with Crippen LogP contribution in [0.4, 0.5) is 0 Å². The molecule has 0 saturated heterocycles. The fourth-order valence-electron chi connectivity index (χ4n) is 2.06. The highest BCUT2D eigenvalue weighted by atomic mass is 79.9. The van der Waals surface area contributed by atoms with Gasteiger partial charge in [0.15, 0.2) is 0 Å². The normalized spacial score (nSPS) is 12.6. The summed E-state index contributed by atoms with van der Waals surface area (Å²) in [6, 6.07) is 9.74. The van der Waals surface area contributed by atoms with E-state index in [1.54, 1.807) is 0 Å². The third kappa shape index (κ3) is 8.04. The van der Waals surface area contributed by atoms with Gasteiger partial charge in [0.05, 0.1) is 0 Å². The van der Waals surface area contributed by atoms with E-state index < -0.39 is 9.34 Å². The molecule has 0 bridgehead atoms. The molecule has 0 spiro atoms. The predicted octanol–water partition coefficient (Wildman–Crippen LogP) is 5.64. The van der Waals surface area contributed by atoms with Crippen molar-refractivity contribution >= 4 is 31.9 Å². The topological polar surface area (TPSA) is 20.2 Å². The number of hydrogen-bond acceptors (Lipinski definition) is 1. The van der Waals surface area contributed by atoms with E-state index >= 15 is 0 Å². The maximum absolute atomic E-state index is 10.2. The third-order valence-electron chi connectivity index (χ3n) is 3.39. The molecule has 3 heteroatoms. The Bertz CT molecular complexity index is 445. The van der Waals surface area contributed by atoms with E-state index in [9.17, 15) is 5.11 Å². The van der Waals surface area contributed by atoms with Crippen molar-refractivity contribution in [3.63, 3.8) is 0 Å². The van der Waals surface area contributed by atoms with Gasteiger partial charge < -0.3 is 5.11 Å². The van der Waals surface area contributed by atoms with Gasteiger partial charge in [0.25, 0.3) is 0 Å². The number of aliphatic hydroxyl groups excluding tert-OH is 1. The molecule has 0 aliphatic carbocycles. The second-order valence-corrected chi connectivity index (χ2v) is 9.21. The summed E-state index contributed by atoms with van der Waals surface area (Å²) in [5, 5.41) is 10.2. The molecule has 1 atom stereocenters. The van der Waals surface area contributed by atoms with Crippen molar-refractivity contribution in [2.45, 2.75) is 61.2 Å². The lowest BCUT2D eigenvalue weighted by Gasteiger charge is -2.22. The Labute approximate surface area is 145 Å². The van der Waals surface area contributed by atoms with Gasteiger partial charge in [0, 0.05) is 5.56 Å². The highest BCUT2D eigenvalue weighted by Crippen LogP contribution is 2.36. The summed E-state index contributed by atoms with van der Waals surface area (Å²) >= 11 is 7.14. The van der Waals surface area contributed by atoms with Crippen molar-refractivity contribution in [2.24, 2.45) is 0 Å². The van der Waals surface area contributed by atoms with E-state index in [0.29, 0.717) is 0 Å². The average Bonchev–Trinajstić information content (AvgIpc) is 2.49. The van der Waals surface area contributed by atoms with Gasteiger partial charge in [-0.2, -0.15) is 0 Å². The summed E-state index contributed by atoms with van der Waals surface area (Å²) in [7, 11) is 0. The van der Waals surface area contributed by atoms with Crippen molar-refractivity contribution in [3.8, 4) is 11.8 Å². The molecule has 0 amide bonds. The fraction of sp³-hybridized carbons (Fsp3) is 0.556. The SMILES string of the molecule is CCCCCCCCC(Br)(Br)[C@H](O)C#Cc1ccccc1. The molecule has 0 unspecified atom stereocenters. The zero-order chi connectivity index (χ0) is 15.6. The van der Waals surface area contributed by atoms with Crippen LogP contribution in [-0.2, 0) is 0 Å². The number of benzene rings is 1. The van der Waals surface area contributed by atoms with Gasteiger partial charge in [-0.05, 0) is 18.6 Å². The largest absolute Gasteiger partial charge is 0.378 e. The van der Waals surface area contributed by atoms with E-state index in [1.807, 2.05) is 30.3 Å². The van der Waals surface area contributed by atoms with Gasteiger partial charge in [-0.3, -0.25) is 0 Å². The van der Waals surface area contributed by atoms with Crippen LogP contribution >= 0.6 is 31.9 Å². The van der Waals surface area contributed by atoms with Crippen LogP contribution in [0, 0.1) is 11.8 Å². The highest BCUT2D eigenvalue weighted by Gasteiger charge is 2.30. The van der Waals surface area contributed by atoms with Gasteiger partial charge in [-0.25, -0.2) is 0 Å². The maximum atomic E-state index is 10.2. The molecule has 1 nitrogen and oxygen atoms in total. The fourth-order valence-corrected chi connectivity index (χ4v) is 2.85. The molecule has 0 aromatic heterocycles. The molecule has 1 aromatic rings. The molecule has 0 aliphatic rings. The quantitative estimate of drug-likeness (QED) is 0.331. The zero-order valence-electron chi connectivity index (χ0n) is 12.6. The van der Waals surface area contributed by atoms with E-state index in [1.165, 1.54) is 32.1 Å². The van der Waals surface area contributed by atoms with Crippen LogP contribution in [0.15, 0.2) is 30.3 Å². The van der Waals surface area contributed by atoms with Crippen LogP contribution in [0.1, 0.15) is 57.4 Å². The molecule has 0 saturated carbocycles. The first-order chi connectivity index (χ1) is 10.1. The van der Waals surface area contributed by atoms with Crippen molar-refractivity contribution in [1.82, 2.24) is 0 Å². The van der Waals surface area contributed by atoms with Crippen LogP contribution in [0.25, 0.3) is 0 Å². The molecule has 0 heterocycles. The lowest BCUT2D eigenvalue weighted by Crippen LogP contribution is -2.28. The number of unbranched alkanes of at least 4 members (excludes halogenated alkanes) is 5. The van der Waals surface area contributed by atoms with Crippen LogP contribution in [0.5, 0.6) is 0 Å². The first kappa shape index (κ1) is 18.7. The van der Waals surface area contributed by atoms with Crippen LogP contribution < -0.4 is 0 Å². The minimum atomic E-state index is -0.728. The highest BCUT2D eigenvalue weighted by molar-refractivity contribution is 9.25. The zero-order valence-corrected chi connectivity index (χ0v) is 15.8. The molecule has 0 fully saturated rings. The van der Waals surface area contributed by atoms with Crippen LogP contribution in [-0.4, -0.2) is 14.4 Å². The van der Waals surface area contributed by atoms with E-state index in [-0.39, 0.29) is 0 Å². The number of hydrogen-bond donors (Lipinski definition) is 1. The Morgan fingerprint density at radius 3 is 2.33 bits per heavy atom. The monoisotopic (exact) mass is 414 g/mol. The summed E-state index contributed by atoms with van der Waals surface area (Å²) in [4.78, 5) is 0. The van der Waals surface area contributed by atoms with Crippen LogP contribution in [0.2, 0.25) is 0 Å². The molecular weight excluding hydrogens is 392 g/mol. The van der Waals surface area contributed by atoms with Crippen molar-refractivity contribution in [3.05, 3.63) is 35.9 Å². The van der Waals surface area contributed by atoms with Gasteiger partial charge in [-0.15, -0.1) is 0 Å². The van der Waals surface area contributed by atoms with Crippen molar-refractivity contribution in [2.75, 3.05) is 0 Å².